The van der Waals surface area contributed by atoms with Crippen LogP contribution >= 0.6 is 15.9 Å². The van der Waals surface area contributed by atoms with E-state index in [0.29, 0.717) is 5.95 Å². The van der Waals surface area contributed by atoms with Crippen molar-refractivity contribution >= 4 is 27.6 Å². The van der Waals surface area contributed by atoms with Crippen molar-refractivity contribution in [3.05, 3.63) is 106 Å². The van der Waals surface area contributed by atoms with E-state index in [1.165, 1.54) is 5.56 Å². The first-order valence-electron chi connectivity index (χ1n) is 10.0. The molecule has 2 atom stereocenters. The van der Waals surface area contributed by atoms with Gasteiger partial charge >= 0.3 is 0 Å². The molecule has 31 heavy (non-hydrogen) atoms. The summed E-state index contributed by atoms with van der Waals surface area (Å²) in [5, 5.41) is 8.07. The lowest BCUT2D eigenvalue weighted by Crippen LogP contribution is -2.32. The number of benzene rings is 2. The maximum absolute atomic E-state index is 6.63. The summed E-state index contributed by atoms with van der Waals surface area (Å²) in [5.41, 5.74) is 6.42. The van der Waals surface area contributed by atoms with Crippen LogP contribution in [0.5, 0.6) is 5.75 Å². The summed E-state index contributed by atoms with van der Waals surface area (Å²) in [6, 6.07) is 18.4. The number of hydrogen-bond donors (Lipinski definition) is 1. The normalized spacial score (nSPS) is 19.0. The van der Waals surface area contributed by atoms with E-state index in [1.54, 1.807) is 12.5 Å². The number of aryl methyl sites for hydroxylation is 1. The Bertz CT molecular complexity index is 1310. The van der Waals surface area contributed by atoms with Crippen molar-refractivity contribution in [3.63, 3.8) is 0 Å². The zero-order valence-electron chi connectivity index (χ0n) is 16.7. The maximum Gasteiger partial charge on any atom is 0.226 e. The lowest BCUT2D eigenvalue weighted by molar-refractivity contribution is 0.223. The number of aromatic nitrogens is 4. The molecule has 0 radical (unpaired) electrons. The van der Waals surface area contributed by atoms with Crippen LogP contribution in [0.1, 0.15) is 34.4 Å². The number of hydrogen-bond acceptors (Lipinski definition) is 5. The second-order valence-corrected chi connectivity index (χ2v) is 8.64. The number of anilines is 1. The van der Waals surface area contributed by atoms with Crippen LogP contribution in [-0.4, -0.2) is 19.7 Å². The van der Waals surface area contributed by atoms with Gasteiger partial charge in [0.2, 0.25) is 5.95 Å². The Morgan fingerprint density at radius 2 is 1.94 bits per heavy atom. The van der Waals surface area contributed by atoms with E-state index in [0.717, 1.165) is 38.2 Å². The minimum absolute atomic E-state index is 0.190. The third-order valence-corrected chi connectivity index (χ3v) is 6.27. The van der Waals surface area contributed by atoms with Crippen molar-refractivity contribution in [1.29, 1.82) is 0 Å². The number of rotatable bonds is 2. The first-order valence-corrected chi connectivity index (χ1v) is 10.8. The monoisotopic (exact) mass is 471 g/mol. The van der Waals surface area contributed by atoms with Gasteiger partial charge in [-0.05, 0) is 48.4 Å². The molecular weight excluding hydrogens is 454 g/mol. The number of nitrogens with zero attached hydrogens (tertiary/aromatic N) is 4. The summed E-state index contributed by atoms with van der Waals surface area (Å²) in [4.78, 5) is 8.84. The predicted molar refractivity (Wildman–Crippen MR) is 122 cm³/mol. The largest absolute Gasteiger partial charge is 0.480 e. The van der Waals surface area contributed by atoms with E-state index in [-0.39, 0.29) is 12.1 Å². The summed E-state index contributed by atoms with van der Waals surface area (Å²) < 4.78 is 9.57. The second-order valence-electron chi connectivity index (χ2n) is 7.72. The second kappa shape index (κ2) is 7.06. The van der Waals surface area contributed by atoms with Crippen molar-refractivity contribution in [2.24, 2.45) is 0 Å². The zero-order chi connectivity index (χ0) is 20.9. The average molecular weight is 472 g/mol. The van der Waals surface area contributed by atoms with Crippen molar-refractivity contribution in [3.8, 4) is 5.75 Å². The molecule has 0 amide bonds. The first-order chi connectivity index (χ1) is 15.2. The van der Waals surface area contributed by atoms with Gasteiger partial charge in [-0.25, -0.2) is 4.68 Å². The zero-order valence-corrected chi connectivity index (χ0v) is 18.2. The number of nitrogens with one attached hydrogen (secondary N) is 1. The number of pyridine rings is 1. The standard InChI is InChI=1S/C24H18BrN5O/c1-14-4-9-19-18(11-14)21-20(23(31-19)15-5-7-17(25)8-6-15)22(16-3-2-10-26-12-16)30-24(29-21)27-13-28-30/h2-13,22-23H,1H3,(H,27,28,29). The number of ether oxygens (including phenoxy) is 1. The molecule has 2 aliphatic rings. The van der Waals surface area contributed by atoms with Crippen LogP contribution in [0.4, 0.5) is 5.95 Å². The summed E-state index contributed by atoms with van der Waals surface area (Å²) >= 11 is 3.54. The van der Waals surface area contributed by atoms with Crippen LogP contribution in [-0.2, 0) is 0 Å². The van der Waals surface area contributed by atoms with E-state index in [9.17, 15) is 0 Å². The van der Waals surface area contributed by atoms with Gasteiger partial charge < -0.3 is 10.1 Å². The molecule has 4 aromatic rings. The molecular formula is C24H18BrN5O. The Morgan fingerprint density at radius 1 is 1.06 bits per heavy atom. The molecule has 2 aliphatic heterocycles. The van der Waals surface area contributed by atoms with Crippen LogP contribution in [0.2, 0.25) is 0 Å². The number of fused-ring (bicyclic) bond motifs is 3. The van der Waals surface area contributed by atoms with E-state index in [2.05, 4.69) is 73.6 Å². The molecule has 0 fully saturated rings. The Balaban J connectivity index is 1.64. The lowest BCUT2D eigenvalue weighted by Gasteiger charge is -2.39. The van der Waals surface area contributed by atoms with E-state index in [4.69, 9.17) is 4.74 Å². The van der Waals surface area contributed by atoms with Crippen LogP contribution in [0.15, 0.2) is 83.4 Å². The van der Waals surface area contributed by atoms with Crippen LogP contribution in [0.3, 0.4) is 0 Å². The average Bonchev–Trinajstić information content (AvgIpc) is 3.27. The molecule has 0 saturated carbocycles. The Morgan fingerprint density at radius 3 is 2.74 bits per heavy atom. The molecule has 2 unspecified atom stereocenters. The third-order valence-electron chi connectivity index (χ3n) is 5.74. The quantitative estimate of drug-likeness (QED) is 0.429. The third kappa shape index (κ3) is 2.96. The fraction of sp³-hybridized carbons (Fsp3) is 0.125. The fourth-order valence-electron chi connectivity index (χ4n) is 4.35. The van der Waals surface area contributed by atoms with Gasteiger partial charge in [0, 0.05) is 28.0 Å². The molecule has 0 aliphatic carbocycles. The molecule has 6 rings (SSSR count). The Labute approximate surface area is 187 Å². The summed E-state index contributed by atoms with van der Waals surface area (Å²) in [5.74, 6) is 1.55. The van der Waals surface area contributed by atoms with Crippen molar-refractivity contribution in [2.75, 3.05) is 5.32 Å². The highest BCUT2D eigenvalue weighted by Crippen LogP contribution is 2.50. The molecule has 0 saturated heterocycles. The first kappa shape index (κ1) is 18.3. The molecule has 152 valence electrons. The summed E-state index contributed by atoms with van der Waals surface area (Å²) in [6.45, 7) is 2.09. The topological polar surface area (TPSA) is 64.9 Å². The van der Waals surface area contributed by atoms with E-state index >= 15 is 0 Å². The molecule has 6 nitrogen and oxygen atoms in total. The van der Waals surface area contributed by atoms with E-state index in [1.807, 2.05) is 35.1 Å². The molecule has 4 heterocycles. The van der Waals surface area contributed by atoms with Gasteiger partial charge in [-0.2, -0.15) is 10.1 Å². The van der Waals surface area contributed by atoms with Gasteiger partial charge in [-0.1, -0.05) is 45.8 Å². The number of halogens is 1. The highest BCUT2D eigenvalue weighted by atomic mass is 79.9. The fourth-order valence-corrected chi connectivity index (χ4v) is 4.62. The lowest BCUT2D eigenvalue weighted by atomic mass is 9.85. The molecule has 7 heteroatoms. The van der Waals surface area contributed by atoms with Crippen LogP contribution in [0.25, 0.3) is 5.70 Å². The Hall–Kier alpha value is -3.45. The minimum atomic E-state index is -0.284. The minimum Gasteiger partial charge on any atom is -0.480 e. The smallest absolute Gasteiger partial charge is 0.226 e. The molecule has 1 N–H and O–H groups in total. The van der Waals surface area contributed by atoms with Gasteiger partial charge in [0.05, 0.1) is 5.70 Å². The van der Waals surface area contributed by atoms with Gasteiger partial charge in [0.25, 0.3) is 0 Å². The summed E-state index contributed by atoms with van der Waals surface area (Å²) in [6.07, 6.45) is 4.96. The summed E-state index contributed by atoms with van der Waals surface area (Å²) in [7, 11) is 0. The SMILES string of the molecule is Cc1ccc2c(c1)C1=C(C(c3ccc(Br)cc3)O2)C(c2cccnc2)n2ncnc2N1. The van der Waals surface area contributed by atoms with Crippen LogP contribution < -0.4 is 10.1 Å². The maximum atomic E-state index is 6.63. The Kier molecular flexibility index (Phi) is 4.17. The highest BCUT2D eigenvalue weighted by Gasteiger charge is 2.41. The molecule has 2 aromatic carbocycles. The molecule has 0 bridgehead atoms. The highest BCUT2D eigenvalue weighted by molar-refractivity contribution is 9.10. The van der Waals surface area contributed by atoms with Gasteiger partial charge in [0.15, 0.2) is 0 Å². The molecule has 2 aromatic heterocycles. The van der Waals surface area contributed by atoms with Gasteiger partial charge in [-0.15, -0.1) is 0 Å². The van der Waals surface area contributed by atoms with Crippen molar-refractivity contribution in [2.45, 2.75) is 19.1 Å². The van der Waals surface area contributed by atoms with E-state index < -0.39 is 0 Å². The molecule has 0 spiro atoms. The van der Waals surface area contributed by atoms with Crippen molar-refractivity contribution < 1.29 is 4.74 Å². The van der Waals surface area contributed by atoms with Gasteiger partial charge in [0.1, 0.15) is 24.2 Å². The van der Waals surface area contributed by atoms with Crippen LogP contribution in [0, 0.1) is 6.92 Å². The van der Waals surface area contributed by atoms with Crippen molar-refractivity contribution in [1.82, 2.24) is 19.7 Å². The van der Waals surface area contributed by atoms with Gasteiger partial charge in [-0.3, -0.25) is 4.98 Å². The predicted octanol–water partition coefficient (Wildman–Crippen LogP) is 5.30.